The highest BCUT2D eigenvalue weighted by molar-refractivity contribution is 6.42. The van der Waals surface area contributed by atoms with Crippen LogP contribution in [0, 0.1) is 10.8 Å². The minimum absolute atomic E-state index is 0.194. The fourth-order valence-electron chi connectivity index (χ4n) is 7.50. The lowest BCUT2D eigenvalue weighted by atomic mass is 9.98. The van der Waals surface area contributed by atoms with Crippen molar-refractivity contribution in [2.75, 3.05) is 9.80 Å². The molecule has 2 aliphatic rings. The highest BCUT2D eigenvalue weighted by Crippen LogP contribution is 2.50. The Morgan fingerprint density at radius 3 is 1.77 bits per heavy atom. The number of hydrogen-bond acceptors (Lipinski definition) is 9. The molecule has 290 valence electrons. The molecule has 7 aromatic rings. The lowest BCUT2D eigenvalue weighted by Crippen LogP contribution is -2.24. The quantitative estimate of drug-likeness (QED) is 0.0891. The molecule has 60 heavy (non-hydrogen) atoms. The molecule has 0 unspecified atom stereocenters. The van der Waals surface area contributed by atoms with Gasteiger partial charge in [-0.3, -0.25) is 45.6 Å². The fraction of sp³-hybridized carbons (Fsp3) is 0.0400. The van der Waals surface area contributed by atoms with E-state index >= 15 is 0 Å². The van der Waals surface area contributed by atoms with E-state index in [1.807, 2.05) is 104 Å². The van der Waals surface area contributed by atoms with Crippen LogP contribution >= 0.6 is 0 Å². The van der Waals surface area contributed by atoms with E-state index in [-0.39, 0.29) is 11.5 Å². The Hall–Kier alpha value is -8.24. The van der Waals surface area contributed by atoms with Crippen molar-refractivity contribution in [2.45, 2.75) is 13.8 Å². The third kappa shape index (κ3) is 7.25. The van der Waals surface area contributed by atoms with E-state index in [0.29, 0.717) is 17.0 Å². The number of hydrogen-bond donors (Lipinski definition) is 2. The second-order valence-corrected chi connectivity index (χ2v) is 13.8. The Labute approximate surface area is 349 Å². The van der Waals surface area contributed by atoms with Gasteiger partial charge >= 0.3 is 0 Å². The number of anilines is 4. The molecule has 0 radical (unpaired) electrons. The van der Waals surface area contributed by atoms with Crippen molar-refractivity contribution >= 4 is 52.2 Å². The lowest BCUT2D eigenvalue weighted by Gasteiger charge is -2.25. The average molecular weight is 781 g/mol. The summed E-state index contributed by atoms with van der Waals surface area (Å²) >= 11 is 0. The smallest absolute Gasteiger partial charge is 0.140 e. The van der Waals surface area contributed by atoms with Gasteiger partial charge in [0.25, 0.3) is 0 Å². The van der Waals surface area contributed by atoms with Gasteiger partial charge in [0.1, 0.15) is 17.2 Å². The molecule has 9 rings (SSSR count). The maximum Gasteiger partial charge on any atom is 0.140 e. The molecule has 7 heterocycles. The van der Waals surface area contributed by atoms with Crippen LogP contribution in [0.5, 0.6) is 0 Å². The van der Waals surface area contributed by atoms with E-state index in [9.17, 15) is 10.8 Å². The molecule has 0 aliphatic carbocycles. The van der Waals surface area contributed by atoms with Crippen LogP contribution in [0.4, 0.5) is 22.7 Å². The maximum absolute atomic E-state index is 10.1. The third-order valence-electron chi connectivity index (χ3n) is 9.98. The lowest BCUT2D eigenvalue weighted by molar-refractivity contribution is 1.24. The summed E-state index contributed by atoms with van der Waals surface area (Å²) < 4.78 is 0. The van der Waals surface area contributed by atoms with E-state index in [1.54, 1.807) is 49.5 Å². The molecule has 0 saturated heterocycles. The van der Waals surface area contributed by atoms with Gasteiger partial charge in [0, 0.05) is 95.6 Å². The van der Waals surface area contributed by atoms with Crippen molar-refractivity contribution < 1.29 is 0 Å². The maximum atomic E-state index is 10.1. The number of allylic oxidation sites excluding steroid dienone is 5. The van der Waals surface area contributed by atoms with Gasteiger partial charge in [-0.15, -0.1) is 6.58 Å². The fourth-order valence-corrected chi connectivity index (χ4v) is 7.50. The first kappa shape index (κ1) is 38.6. The van der Waals surface area contributed by atoms with Crippen LogP contribution in [0.1, 0.15) is 30.7 Å². The summed E-state index contributed by atoms with van der Waals surface area (Å²) in [5.74, 6) is 0.194. The largest absolute Gasteiger partial charge is 0.305 e. The Morgan fingerprint density at radius 1 is 0.633 bits per heavy atom. The number of pyridine rings is 5. The Morgan fingerprint density at radius 2 is 1.20 bits per heavy atom. The summed E-state index contributed by atoms with van der Waals surface area (Å²) in [6.45, 7) is 10.9. The average Bonchev–Trinajstić information content (AvgIpc) is 3.76. The molecule has 2 aromatic carbocycles. The van der Waals surface area contributed by atoms with Crippen LogP contribution < -0.4 is 9.80 Å². The molecule has 5 aromatic heterocycles. The molecular formula is C50H40N10. The number of fused-ring (bicyclic) bond motifs is 2. The molecule has 0 spiro atoms. The molecule has 10 nitrogen and oxygen atoms in total. The summed E-state index contributed by atoms with van der Waals surface area (Å²) in [6, 6.07) is 30.1. The predicted molar refractivity (Wildman–Crippen MR) is 245 cm³/mol. The van der Waals surface area contributed by atoms with Crippen LogP contribution in [0.25, 0.3) is 44.5 Å². The third-order valence-corrected chi connectivity index (χ3v) is 9.98. The van der Waals surface area contributed by atoms with E-state index in [4.69, 9.17) is 4.98 Å². The van der Waals surface area contributed by atoms with Crippen molar-refractivity contribution in [3.8, 4) is 33.4 Å². The minimum Gasteiger partial charge on any atom is -0.305 e. The van der Waals surface area contributed by atoms with Gasteiger partial charge in [-0.25, -0.2) is 0 Å². The summed E-state index contributed by atoms with van der Waals surface area (Å²) in [5.41, 5.74) is 12.9. The zero-order valence-corrected chi connectivity index (χ0v) is 33.2. The second-order valence-electron chi connectivity index (χ2n) is 13.8. The summed E-state index contributed by atoms with van der Waals surface area (Å²) in [5, 5.41) is 19.8. The van der Waals surface area contributed by atoms with Crippen molar-refractivity contribution in [1.82, 2.24) is 24.9 Å². The van der Waals surface area contributed by atoms with Gasteiger partial charge in [0.2, 0.25) is 0 Å². The van der Waals surface area contributed by atoms with Crippen molar-refractivity contribution in [3.05, 3.63) is 200 Å². The highest BCUT2D eigenvalue weighted by Gasteiger charge is 2.41. The Kier molecular flexibility index (Phi) is 11.0. The second kappa shape index (κ2) is 17.1. The normalized spacial score (nSPS) is 14.5. The molecule has 0 fully saturated rings. The van der Waals surface area contributed by atoms with Crippen LogP contribution in [0.3, 0.4) is 0 Å². The Balaban J connectivity index is 0.00000162. The van der Waals surface area contributed by atoms with Gasteiger partial charge in [-0.2, -0.15) is 0 Å². The molecule has 0 amide bonds. The molecule has 0 bridgehead atoms. The van der Waals surface area contributed by atoms with E-state index < -0.39 is 0 Å². The van der Waals surface area contributed by atoms with E-state index in [1.165, 1.54) is 0 Å². The van der Waals surface area contributed by atoms with Crippen molar-refractivity contribution in [2.24, 2.45) is 4.99 Å². The first-order valence-corrected chi connectivity index (χ1v) is 19.2. The summed E-state index contributed by atoms with van der Waals surface area (Å²) in [4.78, 5) is 30.6. The van der Waals surface area contributed by atoms with Crippen LogP contribution in [0.2, 0.25) is 0 Å². The molecule has 0 atom stereocenters. The molecule has 2 aliphatic heterocycles. The first-order chi connectivity index (χ1) is 29.4. The van der Waals surface area contributed by atoms with Gasteiger partial charge in [0.05, 0.1) is 22.6 Å². The standard InChI is InChI=1S/C47H34N10.C3H6/c1-3-8-30(25-50-2)34-19-37(33-11-6-16-53-28-33)24-39(23-34)57-41-13-18-54-29-40(41)43(47(57)49)46-44(48)45-42(12-7-17-55-45)56(46)38-21-35(31-9-4-14-51-26-31)20-36(22-38)32-10-5-15-52-27-32;1-3-2/h3-29,48-49H,2H2,1H3;3H,1H2,2H3/b8-3-,30-25+,46-43+,48-44?,49-47?;. The number of amidine groups is 1. The molecule has 10 heteroatoms. The van der Waals surface area contributed by atoms with Crippen molar-refractivity contribution in [1.29, 1.82) is 10.8 Å². The van der Waals surface area contributed by atoms with Gasteiger partial charge in [0.15, 0.2) is 0 Å². The molecule has 0 saturated carbocycles. The number of rotatable bonds is 8. The van der Waals surface area contributed by atoms with Crippen LogP contribution in [-0.2, 0) is 0 Å². The monoisotopic (exact) mass is 780 g/mol. The van der Waals surface area contributed by atoms with Crippen LogP contribution in [0.15, 0.2) is 188 Å². The Bertz CT molecular complexity index is 2810. The van der Waals surface area contributed by atoms with E-state index in [2.05, 4.69) is 79.5 Å². The predicted octanol–water partition coefficient (Wildman–Crippen LogP) is 11.5. The number of aliphatic imine (C=N–C) groups is 1. The summed E-state index contributed by atoms with van der Waals surface area (Å²) in [6.07, 6.45) is 23.4. The first-order valence-electron chi connectivity index (χ1n) is 19.2. The summed E-state index contributed by atoms with van der Waals surface area (Å²) in [7, 11) is 0. The number of nitrogens with one attached hydrogen (secondary N) is 2. The van der Waals surface area contributed by atoms with Gasteiger partial charge in [-0.05, 0) is 121 Å². The van der Waals surface area contributed by atoms with Gasteiger partial charge in [-0.1, -0.05) is 36.4 Å². The topological polar surface area (TPSA) is 131 Å². The van der Waals surface area contributed by atoms with Crippen molar-refractivity contribution in [3.63, 3.8) is 0 Å². The minimum atomic E-state index is 0.194. The van der Waals surface area contributed by atoms with E-state index in [0.717, 1.165) is 72.8 Å². The SMILES string of the molecule is C=CC.C=N/C=C(\C=C/C)c1cc(-c2cccnc2)cc(N2C(=N)/C(=C3\C(=N)c4ncccc4N3c3cc(-c4cccnc4)cc(-c4cccnc4)c3)c3cnccc32)c1. The highest BCUT2D eigenvalue weighted by atomic mass is 15.2. The number of nitrogens with zero attached hydrogens (tertiary/aromatic N) is 8. The zero-order chi connectivity index (χ0) is 41.6. The van der Waals surface area contributed by atoms with Crippen LogP contribution in [-0.4, -0.2) is 43.2 Å². The molecular weight excluding hydrogens is 741 g/mol. The number of benzene rings is 2. The molecule has 2 N–H and O–H groups in total. The zero-order valence-electron chi connectivity index (χ0n) is 33.2. The number of aromatic nitrogens is 5. The van der Waals surface area contributed by atoms with Gasteiger partial charge < -0.3 is 4.90 Å².